The van der Waals surface area contributed by atoms with Gasteiger partial charge in [0.1, 0.15) is 5.69 Å². The first-order chi connectivity index (χ1) is 7.18. The molecule has 0 spiro atoms. The Hall–Kier alpha value is -1.46. The fourth-order valence-electron chi connectivity index (χ4n) is 1.23. The van der Waals surface area contributed by atoms with Crippen molar-refractivity contribution in [3.63, 3.8) is 0 Å². The van der Waals surface area contributed by atoms with Crippen LogP contribution in [0.3, 0.4) is 0 Å². The van der Waals surface area contributed by atoms with Crippen LogP contribution in [0.5, 0.6) is 0 Å². The molecule has 2 aromatic rings. The molecule has 2 rings (SSSR count). The van der Waals surface area contributed by atoms with E-state index in [-0.39, 0.29) is 0 Å². The number of aliphatic hydroxyl groups excluding tert-OH is 1. The zero-order valence-electron chi connectivity index (χ0n) is 8.00. The lowest BCUT2D eigenvalue weighted by Crippen LogP contribution is -2.07. The molecule has 1 N–H and O–H groups in total. The van der Waals surface area contributed by atoms with Crippen molar-refractivity contribution in [3.8, 4) is 5.82 Å². The van der Waals surface area contributed by atoms with Gasteiger partial charge >= 0.3 is 0 Å². The standard InChI is InChI=1S/C9H9ClN4O/c1-6(15)8-9(12-3-2-11-8)14-5-7(10)4-13-14/h2-6,15H,1H3. The summed E-state index contributed by atoms with van der Waals surface area (Å²) in [6.45, 7) is 1.62. The van der Waals surface area contributed by atoms with E-state index in [0.29, 0.717) is 16.5 Å². The molecule has 0 saturated carbocycles. The second-order valence-corrected chi connectivity index (χ2v) is 3.48. The van der Waals surface area contributed by atoms with Crippen LogP contribution in [0.15, 0.2) is 24.8 Å². The number of rotatable bonds is 2. The van der Waals surface area contributed by atoms with Crippen LogP contribution in [0.25, 0.3) is 5.82 Å². The van der Waals surface area contributed by atoms with Gasteiger partial charge in [-0.1, -0.05) is 11.6 Å². The van der Waals surface area contributed by atoms with Gasteiger partial charge in [-0.2, -0.15) is 5.10 Å². The lowest BCUT2D eigenvalue weighted by molar-refractivity contribution is 0.193. The molecule has 15 heavy (non-hydrogen) atoms. The van der Waals surface area contributed by atoms with Crippen molar-refractivity contribution in [2.75, 3.05) is 0 Å². The van der Waals surface area contributed by atoms with Gasteiger partial charge in [0.05, 0.1) is 23.5 Å². The van der Waals surface area contributed by atoms with Crippen LogP contribution in [0, 0.1) is 0 Å². The number of hydrogen-bond donors (Lipinski definition) is 1. The average molecular weight is 225 g/mol. The highest BCUT2D eigenvalue weighted by Crippen LogP contribution is 2.17. The zero-order valence-corrected chi connectivity index (χ0v) is 8.76. The van der Waals surface area contributed by atoms with Crippen molar-refractivity contribution in [1.29, 1.82) is 0 Å². The third-order valence-electron chi connectivity index (χ3n) is 1.87. The van der Waals surface area contributed by atoms with E-state index in [1.807, 2.05) is 0 Å². The topological polar surface area (TPSA) is 63.8 Å². The van der Waals surface area contributed by atoms with Crippen LogP contribution < -0.4 is 0 Å². The molecule has 0 fully saturated rings. The monoisotopic (exact) mass is 224 g/mol. The summed E-state index contributed by atoms with van der Waals surface area (Å²) in [5.74, 6) is 0.486. The first-order valence-corrected chi connectivity index (χ1v) is 4.76. The first kappa shape index (κ1) is 10.1. The van der Waals surface area contributed by atoms with E-state index in [4.69, 9.17) is 11.6 Å². The van der Waals surface area contributed by atoms with Crippen molar-refractivity contribution in [3.05, 3.63) is 35.5 Å². The largest absolute Gasteiger partial charge is 0.387 e. The summed E-state index contributed by atoms with van der Waals surface area (Å²) in [7, 11) is 0. The van der Waals surface area contributed by atoms with E-state index >= 15 is 0 Å². The van der Waals surface area contributed by atoms with Gasteiger partial charge in [0, 0.05) is 12.4 Å². The minimum atomic E-state index is -0.698. The maximum atomic E-state index is 9.50. The molecule has 0 aliphatic rings. The molecule has 0 radical (unpaired) electrons. The Morgan fingerprint density at radius 3 is 2.73 bits per heavy atom. The van der Waals surface area contributed by atoms with Crippen molar-refractivity contribution in [2.45, 2.75) is 13.0 Å². The second-order valence-electron chi connectivity index (χ2n) is 3.04. The highest BCUT2D eigenvalue weighted by Gasteiger charge is 2.12. The maximum Gasteiger partial charge on any atom is 0.177 e. The van der Waals surface area contributed by atoms with E-state index in [2.05, 4.69) is 15.1 Å². The van der Waals surface area contributed by atoms with E-state index in [9.17, 15) is 5.11 Å². The van der Waals surface area contributed by atoms with Crippen LogP contribution in [0.4, 0.5) is 0 Å². The number of hydrogen-bond acceptors (Lipinski definition) is 4. The fraction of sp³-hybridized carbons (Fsp3) is 0.222. The first-order valence-electron chi connectivity index (χ1n) is 4.38. The average Bonchev–Trinajstić information content (AvgIpc) is 2.65. The summed E-state index contributed by atoms with van der Waals surface area (Å²) in [4.78, 5) is 8.15. The number of aromatic nitrogens is 4. The molecule has 6 heteroatoms. The molecule has 0 aliphatic heterocycles. The molecule has 0 amide bonds. The molecular formula is C9H9ClN4O. The number of nitrogens with zero attached hydrogens (tertiary/aromatic N) is 4. The minimum absolute atomic E-state index is 0.470. The van der Waals surface area contributed by atoms with Gasteiger partial charge < -0.3 is 5.11 Å². The van der Waals surface area contributed by atoms with Gasteiger partial charge in [0.25, 0.3) is 0 Å². The lowest BCUT2D eigenvalue weighted by Gasteiger charge is -2.08. The summed E-state index contributed by atoms with van der Waals surface area (Å²) >= 11 is 5.75. The Kier molecular flexibility index (Phi) is 2.66. The second kappa shape index (κ2) is 3.96. The van der Waals surface area contributed by atoms with E-state index < -0.39 is 6.10 Å². The van der Waals surface area contributed by atoms with Crippen LogP contribution in [0.1, 0.15) is 18.7 Å². The Morgan fingerprint density at radius 1 is 1.40 bits per heavy atom. The van der Waals surface area contributed by atoms with Gasteiger partial charge in [-0.05, 0) is 6.92 Å². The number of halogens is 1. The van der Waals surface area contributed by atoms with Gasteiger partial charge in [0.2, 0.25) is 0 Å². The third kappa shape index (κ3) is 1.98. The molecule has 0 aliphatic carbocycles. The summed E-state index contributed by atoms with van der Waals surface area (Å²) in [6.07, 6.45) is 5.48. The molecule has 0 aromatic carbocycles. The predicted molar refractivity (Wildman–Crippen MR) is 54.8 cm³/mol. The highest BCUT2D eigenvalue weighted by atomic mass is 35.5. The third-order valence-corrected chi connectivity index (χ3v) is 2.07. The predicted octanol–water partition coefficient (Wildman–Crippen LogP) is 1.37. The Bertz CT molecular complexity index is 469. The molecule has 78 valence electrons. The summed E-state index contributed by atoms with van der Waals surface area (Å²) in [6, 6.07) is 0. The van der Waals surface area contributed by atoms with Gasteiger partial charge in [-0.15, -0.1) is 0 Å². The van der Waals surface area contributed by atoms with Crippen molar-refractivity contribution in [1.82, 2.24) is 19.7 Å². The minimum Gasteiger partial charge on any atom is -0.387 e. The van der Waals surface area contributed by atoms with E-state index in [1.165, 1.54) is 23.3 Å². The lowest BCUT2D eigenvalue weighted by atomic mass is 10.3. The summed E-state index contributed by atoms with van der Waals surface area (Å²) < 4.78 is 1.48. The summed E-state index contributed by atoms with van der Waals surface area (Å²) in [5, 5.41) is 14.0. The van der Waals surface area contributed by atoms with Crippen LogP contribution in [-0.2, 0) is 0 Å². The molecule has 0 saturated heterocycles. The van der Waals surface area contributed by atoms with E-state index in [1.54, 1.807) is 13.1 Å². The summed E-state index contributed by atoms with van der Waals surface area (Å²) in [5.41, 5.74) is 0.470. The molecular weight excluding hydrogens is 216 g/mol. The molecule has 0 bridgehead atoms. The SMILES string of the molecule is CC(O)c1nccnc1-n1cc(Cl)cn1. The molecule has 1 unspecified atom stereocenters. The van der Waals surface area contributed by atoms with Crippen LogP contribution >= 0.6 is 11.6 Å². The van der Waals surface area contributed by atoms with Gasteiger partial charge in [0.15, 0.2) is 5.82 Å². The smallest absolute Gasteiger partial charge is 0.177 e. The zero-order chi connectivity index (χ0) is 10.8. The Labute approximate surface area is 91.4 Å². The quantitative estimate of drug-likeness (QED) is 0.837. The normalized spacial score (nSPS) is 12.7. The van der Waals surface area contributed by atoms with Gasteiger partial charge in [-0.25, -0.2) is 9.67 Å². The molecule has 5 nitrogen and oxygen atoms in total. The Balaban J connectivity index is 2.52. The van der Waals surface area contributed by atoms with Crippen molar-refractivity contribution >= 4 is 11.6 Å². The van der Waals surface area contributed by atoms with Crippen LogP contribution in [0.2, 0.25) is 5.02 Å². The van der Waals surface area contributed by atoms with Crippen molar-refractivity contribution in [2.24, 2.45) is 0 Å². The maximum absolute atomic E-state index is 9.50. The number of aliphatic hydroxyl groups is 1. The van der Waals surface area contributed by atoms with Crippen LogP contribution in [-0.4, -0.2) is 24.9 Å². The van der Waals surface area contributed by atoms with E-state index in [0.717, 1.165) is 0 Å². The van der Waals surface area contributed by atoms with Crippen molar-refractivity contribution < 1.29 is 5.11 Å². The molecule has 1 atom stereocenters. The Morgan fingerprint density at radius 2 is 2.13 bits per heavy atom. The molecule has 2 aromatic heterocycles. The fourth-order valence-corrected chi connectivity index (χ4v) is 1.37. The highest BCUT2D eigenvalue weighted by molar-refractivity contribution is 6.30. The van der Waals surface area contributed by atoms with Gasteiger partial charge in [-0.3, -0.25) is 4.98 Å². The molecule has 2 heterocycles.